The number of aliphatic hydroxyl groups excluding tert-OH is 1. The van der Waals surface area contributed by atoms with Crippen LogP contribution >= 0.6 is 15.6 Å². The summed E-state index contributed by atoms with van der Waals surface area (Å²) in [7, 11) is -9.95. The van der Waals surface area contributed by atoms with Crippen molar-refractivity contribution in [1.82, 2.24) is 0 Å². The molecule has 0 bridgehead atoms. The lowest BCUT2D eigenvalue weighted by Crippen LogP contribution is -2.30. The van der Waals surface area contributed by atoms with Crippen LogP contribution in [0.5, 0.6) is 0 Å². The molecule has 17 nitrogen and oxygen atoms in total. The highest BCUT2D eigenvalue weighted by molar-refractivity contribution is 7.47. The minimum Gasteiger partial charge on any atom is -0.462 e. The van der Waals surface area contributed by atoms with Gasteiger partial charge in [-0.15, -0.1) is 0 Å². The SMILES string of the molecule is CCCCC/C=C\C/C=C\CCCCCCCC(=O)O[C@H](COC(=O)CCCCCCCCC/C=C\CCCCCC)COP(=O)(O)OCC(O)COP(=O)(O)OC[C@@H](COC(=O)CCCCCCCCC/C=C\CCCCCC)OC(=O)CCCCCCC/C=C\C/C=C\CCCCC. The molecule has 0 aliphatic carbocycles. The van der Waals surface area contributed by atoms with E-state index in [0.717, 1.165) is 167 Å². The highest BCUT2D eigenvalue weighted by Gasteiger charge is 2.30. The molecule has 0 radical (unpaired) electrons. The number of carbonyl (C=O) groups excluding carboxylic acids is 4. The number of esters is 4. The van der Waals surface area contributed by atoms with E-state index in [2.05, 4.69) is 101 Å². The molecule has 0 aromatic rings. The number of unbranched alkanes of at least 4 members (excludes halogenated alkanes) is 38. The Morgan fingerprint density at radius 2 is 0.490 bits per heavy atom. The van der Waals surface area contributed by atoms with Gasteiger partial charge >= 0.3 is 39.5 Å². The summed E-state index contributed by atoms with van der Waals surface area (Å²) < 4.78 is 68.6. The zero-order valence-corrected chi connectivity index (χ0v) is 65.4. The van der Waals surface area contributed by atoms with Gasteiger partial charge in [0.2, 0.25) is 0 Å². The highest BCUT2D eigenvalue weighted by Crippen LogP contribution is 2.45. The Balaban J connectivity index is 5.36. The average Bonchev–Trinajstić information content (AvgIpc) is 1.25. The topological polar surface area (TPSA) is 237 Å². The van der Waals surface area contributed by atoms with E-state index in [1.165, 1.54) is 116 Å². The van der Waals surface area contributed by atoms with Crippen LogP contribution in [-0.4, -0.2) is 96.7 Å². The summed E-state index contributed by atoms with van der Waals surface area (Å²) in [5.41, 5.74) is 0. The third kappa shape index (κ3) is 72.8. The second kappa shape index (κ2) is 73.8. The molecule has 0 rings (SSSR count). The molecule has 0 amide bonds. The normalized spacial score (nSPS) is 14.3. The summed E-state index contributed by atoms with van der Waals surface area (Å²) in [4.78, 5) is 73.0. The van der Waals surface area contributed by atoms with Crippen molar-refractivity contribution < 1.29 is 80.2 Å². The molecular formula is C81H146O17P2. The Morgan fingerprint density at radius 3 is 0.770 bits per heavy atom. The molecule has 19 heteroatoms. The average molecular weight is 1450 g/mol. The summed E-state index contributed by atoms with van der Waals surface area (Å²) in [6.45, 7) is 4.81. The Kier molecular flexibility index (Phi) is 71.2. The first-order valence-corrected chi connectivity index (χ1v) is 43.2. The molecule has 3 N–H and O–H groups in total. The second-order valence-electron chi connectivity index (χ2n) is 27.0. The fourth-order valence-corrected chi connectivity index (χ4v) is 12.5. The van der Waals surface area contributed by atoms with Crippen molar-refractivity contribution in [3.63, 3.8) is 0 Å². The van der Waals surface area contributed by atoms with Gasteiger partial charge in [-0.1, -0.05) is 268 Å². The fourth-order valence-electron chi connectivity index (χ4n) is 10.9. The quantitative estimate of drug-likeness (QED) is 0.0169. The van der Waals surface area contributed by atoms with Crippen molar-refractivity contribution in [2.24, 2.45) is 0 Å². The lowest BCUT2D eigenvalue weighted by molar-refractivity contribution is -0.161. The van der Waals surface area contributed by atoms with Crippen LogP contribution in [0.1, 0.15) is 362 Å². The Bertz CT molecular complexity index is 2030. The minimum atomic E-state index is -4.98. The van der Waals surface area contributed by atoms with E-state index in [4.69, 9.17) is 37.0 Å². The van der Waals surface area contributed by atoms with Crippen molar-refractivity contribution in [2.45, 2.75) is 380 Å². The Hall–Kier alpha value is -3.50. The number of phosphoric acid groups is 2. The van der Waals surface area contributed by atoms with Crippen LogP contribution in [0.2, 0.25) is 0 Å². The van der Waals surface area contributed by atoms with E-state index < -0.39 is 97.5 Å². The van der Waals surface area contributed by atoms with Crippen LogP contribution < -0.4 is 0 Å². The third-order valence-corrected chi connectivity index (χ3v) is 19.0. The molecule has 0 spiro atoms. The van der Waals surface area contributed by atoms with Crippen LogP contribution in [0.3, 0.4) is 0 Å². The maximum Gasteiger partial charge on any atom is 0.472 e. The monoisotopic (exact) mass is 1450 g/mol. The number of allylic oxidation sites excluding steroid dienone is 12. The molecule has 2 unspecified atom stereocenters. The van der Waals surface area contributed by atoms with Gasteiger partial charge in [-0.25, -0.2) is 9.13 Å². The van der Waals surface area contributed by atoms with Gasteiger partial charge in [-0.3, -0.25) is 37.3 Å². The molecule has 0 aliphatic rings. The van der Waals surface area contributed by atoms with E-state index in [-0.39, 0.29) is 25.7 Å². The smallest absolute Gasteiger partial charge is 0.462 e. The number of hydrogen-bond donors (Lipinski definition) is 3. The molecule has 0 aromatic carbocycles. The van der Waals surface area contributed by atoms with Crippen LogP contribution in [0.15, 0.2) is 72.9 Å². The number of aliphatic hydroxyl groups is 1. The van der Waals surface area contributed by atoms with Crippen LogP contribution in [-0.2, 0) is 65.4 Å². The maximum absolute atomic E-state index is 13.1. The van der Waals surface area contributed by atoms with Crippen LogP contribution in [0.4, 0.5) is 0 Å². The molecule has 0 aromatic heterocycles. The first-order chi connectivity index (χ1) is 48.7. The first-order valence-electron chi connectivity index (χ1n) is 40.2. The van der Waals surface area contributed by atoms with Gasteiger partial charge in [0.05, 0.1) is 26.4 Å². The van der Waals surface area contributed by atoms with Gasteiger partial charge in [0.15, 0.2) is 12.2 Å². The predicted molar refractivity (Wildman–Crippen MR) is 409 cm³/mol. The standard InChI is InChI=1S/C81H146O17P2/c1-5-9-13-17-21-25-29-33-37-41-45-49-53-57-61-65-78(83)91-71-76(97-80(85)67-63-59-55-51-47-43-39-35-31-27-23-19-15-11-7-3)73-95-99(87,88)93-69-75(82)70-94-100(89,90)96-74-77(98-81(86)68-64-60-56-52-48-44-40-36-32-28-24-20-16-12-8-4)72-92-79(84)66-62-58-54-50-46-42-38-34-30-26-22-18-14-10-6-2/h23-30,35-36,39-40,75-77,82H,5-22,31-34,37-38,41-74H2,1-4H3,(H,87,88)(H,89,90)/b27-23-,28-24-,29-25-,30-26-,39-35-,40-36-/t76-,77-/m1/s1. The summed E-state index contributed by atoms with van der Waals surface area (Å²) in [5, 5.41) is 10.6. The first kappa shape index (κ1) is 96.5. The highest BCUT2D eigenvalue weighted by atomic mass is 31.2. The number of hydrogen-bond acceptors (Lipinski definition) is 15. The predicted octanol–water partition coefficient (Wildman–Crippen LogP) is 23.2. The molecule has 0 saturated carbocycles. The summed E-state index contributed by atoms with van der Waals surface area (Å²) in [5.74, 6) is -2.19. The van der Waals surface area contributed by atoms with E-state index in [9.17, 15) is 43.2 Å². The van der Waals surface area contributed by atoms with Crippen LogP contribution in [0, 0.1) is 0 Å². The van der Waals surface area contributed by atoms with Crippen molar-refractivity contribution >= 4 is 39.5 Å². The zero-order chi connectivity index (χ0) is 73.2. The number of ether oxygens (including phenoxy) is 4. The molecule has 582 valence electrons. The molecule has 0 fully saturated rings. The number of carbonyl (C=O) groups is 4. The van der Waals surface area contributed by atoms with Crippen molar-refractivity contribution in [2.75, 3.05) is 39.6 Å². The number of rotatable bonds is 76. The molecule has 0 saturated heterocycles. The van der Waals surface area contributed by atoms with Crippen molar-refractivity contribution in [3.8, 4) is 0 Å². The molecule has 4 atom stereocenters. The second-order valence-corrected chi connectivity index (χ2v) is 29.9. The summed E-state index contributed by atoms with van der Waals surface area (Å²) >= 11 is 0. The van der Waals surface area contributed by atoms with Crippen LogP contribution in [0.25, 0.3) is 0 Å². The Morgan fingerprint density at radius 1 is 0.280 bits per heavy atom. The fraction of sp³-hybridized carbons (Fsp3) is 0.802. The molecule has 0 heterocycles. The van der Waals surface area contributed by atoms with Crippen molar-refractivity contribution in [3.05, 3.63) is 72.9 Å². The van der Waals surface area contributed by atoms with E-state index in [1.807, 2.05) is 0 Å². The largest absolute Gasteiger partial charge is 0.472 e. The summed E-state index contributed by atoms with van der Waals surface area (Å²) in [6, 6.07) is 0. The molecule has 100 heavy (non-hydrogen) atoms. The van der Waals surface area contributed by atoms with E-state index >= 15 is 0 Å². The zero-order valence-electron chi connectivity index (χ0n) is 63.6. The van der Waals surface area contributed by atoms with Gasteiger partial charge in [0, 0.05) is 25.7 Å². The van der Waals surface area contributed by atoms with Gasteiger partial charge < -0.3 is 33.8 Å². The lowest BCUT2D eigenvalue weighted by Gasteiger charge is -2.21. The number of phosphoric ester groups is 2. The van der Waals surface area contributed by atoms with E-state index in [1.54, 1.807) is 0 Å². The molecular weight excluding hydrogens is 1310 g/mol. The lowest BCUT2D eigenvalue weighted by atomic mass is 10.1. The van der Waals surface area contributed by atoms with Gasteiger partial charge in [0.25, 0.3) is 0 Å². The minimum absolute atomic E-state index is 0.0807. The van der Waals surface area contributed by atoms with E-state index in [0.29, 0.717) is 25.7 Å². The summed E-state index contributed by atoms with van der Waals surface area (Å²) in [6.07, 6.45) is 74.4. The van der Waals surface area contributed by atoms with Gasteiger partial charge in [0.1, 0.15) is 19.3 Å². The van der Waals surface area contributed by atoms with Gasteiger partial charge in [-0.05, 0) is 141 Å². The maximum atomic E-state index is 13.1. The third-order valence-electron chi connectivity index (χ3n) is 17.1. The molecule has 0 aliphatic heterocycles. The van der Waals surface area contributed by atoms with Crippen molar-refractivity contribution in [1.29, 1.82) is 0 Å². The van der Waals surface area contributed by atoms with Gasteiger partial charge in [-0.2, -0.15) is 0 Å². The Labute approximate surface area is 609 Å².